The first-order valence-corrected chi connectivity index (χ1v) is 12.0. The van der Waals surface area contributed by atoms with Crippen molar-refractivity contribution >= 4 is 11.5 Å². The molecule has 166 valence electrons. The molecule has 31 heavy (non-hydrogen) atoms. The van der Waals surface area contributed by atoms with Crippen LogP contribution in [0.15, 0.2) is 30.5 Å². The molecule has 2 aromatic rings. The Morgan fingerprint density at radius 3 is 2.55 bits per heavy atom. The molecule has 2 fully saturated rings. The first-order valence-electron chi connectivity index (χ1n) is 12.0. The molecular formula is C25H36N6. The predicted octanol–water partition coefficient (Wildman–Crippen LogP) is 3.13. The number of fused-ring (bicyclic) bond motifs is 1. The summed E-state index contributed by atoms with van der Waals surface area (Å²) in [5.41, 5.74) is 3.71. The van der Waals surface area contributed by atoms with E-state index in [-0.39, 0.29) is 0 Å². The molecule has 0 spiro atoms. The Morgan fingerprint density at radius 1 is 1.00 bits per heavy atom. The van der Waals surface area contributed by atoms with E-state index < -0.39 is 0 Å². The fourth-order valence-electron chi connectivity index (χ4n) is 5.28. The summed E-state index contributed by atoms with van der Waals surface area (Å²) >= 11 is 0. The summed E-state index contributed by atoms with van der Waals surface area (Å²) in [5, 5.41) is 0. The zero-order chi connectivity index (χ0) is 21.2. The molecule has 0 aliphatic carbocycles. The van der Waals surface area contributed by atoms with E-state index in [0.29, 0.717) is 6.04 Å². The second kappa shape index (κ2) is 9.13. The highest BCUT2D eigenvalue weighted by atomic mass is 15.2. The van der Waals surface area contributed by atoms with Crippen LogP contribution in [0.4, 0.5) is 11.5 Å². The Balaban J connectivity index is 1.24. The number of hydrogen-bond acceptors (Lipinski definition) is 6. The van der Waals surface area contributed by atoms with Crippen LogP contribution in [0.25, 0.3) is 11.4 Å². The molecule has 0 radical (unpaired) electrons. The molecule has 4 heterocycles. The maximum atomic E-state index is 5.00. The van der Waals surface area contributed by atoms with Crippen LogP contribution in [-0.4, -0.2) is 85.7 Å². The maximum absolute atomic E-state index is 5.00. The minimum absolute atomic E-state index is 0.649. The van der Waals surface area contributed by atoms with Crippen molar-refractivity contribution in [1.29, 1.82) is 0 Å². The largest absolute Gasteiger partial charge is 0.370 e. The van der Waals surface area contributed by atoms with E-state index in [1.54, 1.807) is 0 Å². The summed E-state index contributed by atoms with van der Waals surface area (Å²) < 4.78 is 0. The highest BCUT2D eigenvalue weighted by molar-refractivity contribution is 5.64. The van der Waals surface area contributed by atoms with Gasteiger partial charge in [-0.2, -0.15) is 0 Å². The van der Waals surface area contributed by atoms with Gasteiger partial charge >= 0.3 is 0 Å². The average molecular weight is 421 g/mol. The second-order valence-electron chi connectivity index (χ2n) is 9.58. The molecule has 0 amide bonds. The fraction of sp³-hybridized carbons (Fsp3) is 0.600. The van der Waals surface area contributed by atoms with E-state index in [9.17, 15) is 0 Å². The van der Waals surface area contributed by atoms with E-state index in [4.69, 9.17) is 9.97 Å². The van der Waals surface area contributed by atoms with E-state index in [1.807, 2.05) is 6.20 Å². The molecule has 6 nitrogen and oxygen atoms in total. The van der Waals surface area contributed by atoms with Crippen molar-refractivity contribution < 1.29 is 0 Å². The monoisotopic (exact) mass is 420 g/mol. The molecular weight excluding hydrogens is 384 g/mol. The zero-order valence-corrected chi connectivity index (χ0v) is 19.1. The number of rotatable bonds is 7. The molecule has 2 saturated heterocycles. The Kier molecular flexibility index (Phi) is 6.10. The molecule has 1 aromatic carbocycles. The summed E-state index contributed by atoms with van der Waals surface area (Å²) in [5.74, 6) is 2.01. The average Bonchev–Trinajstić information content (AvgIpc) is 3.55. The third-order valence-electron chi connectivity index (χ3n) is 7.28. The highest BCUT2D eigenvalue weighted by Gasteiger charge is 2.25. The fourth-order valence-corrected chi connectivity index (χ4v) is 5.28. The van der Waals surface area contributed by atoms with Crippen molar-refractivity contribution in [2.45, 2.75) is 38.1 Å². The van der Waals surface area contributed by atoms with Crippen molar-refractivity contribution in [2.75, 3.05) is 69.7 Å². The summed E-state index contributed by atoms with van der Waals surface area (Å²) in [6.45, 7) is 8.20. The molecule has 6 heteroatoms. The number of likely N-dealkylation sites (tertiary alicyclic amines) is 1. The molecule has 5 rings (SSSR count). The number of likely N-dealkylation sites (N-methyl/N-ethyl adjacent to an activating group) is 1. The van der Waals surface area contributed by atoms with Crippen LogP contribution in [0.1, 0.15) is 31.2 Å². The van der Waals surface area contributed by atoms with Gasteiger partial charge in [-0.3, -0.25) is 0 Å². The van der Waals surface area contributed by atoms with Gasteiger partial charge in [-0.1, -0.05) is 0 Å². The normalized spacial score (nSPS) is 21.5. The van der Waals surface area contributed by atoms with Gasteiger partial charge in [-0.05, 0) is 90.1 Å². The van der Waals surface area contributed by atoms with Gasteiger partial charge in [0.1, 0.15) is 5.82 Å². The van der Waals surface area contributed by atoms with Gasteiger partial charge in [0.05, 0.1) is 0 Å². The number of nitrogens with zero attached hydrogens (tertiary/aromatic N) is 6. The number of hydrogen-bond donors (Lipinski definition) is 0. The minimum Gasteiger partial charge on any atom is -0.370 e. The first-order chi connectivity index (χ1) is 15.2. The SMILES string of the molecule is CN(C)[C@@H]1CCN(c2ccc(-c3ncc4c(n3)N(CCCN3CCCC3)CC4)cc2)C1. The zero-order valence-electron chi connectivity index (χ0n) is 19.1. The molecule has 1 atom stereocenters. The lowest BCUT2D eigenvalue weighted by atomic mass is 10.1. The number of anilines is 2. The summed E-state index contributed by atoms with van der Waals surface area (Å²) in [7, 11) is 4.36. The number of aromatic nitrogens is 2. The lowest BCUT2D eigenvalue weighted by Crippen LogP contribution is -2.31. The van der Waals surface area contributed by atoms with Gasteiger partial charge in [0.15, 0.2) is 5.82 Å². The topological polar surface area (TPSA) is 38.7 Å². The minimum atomic E-state index is 0.649. The molecule has 0 unspecified atom stereocenters. The molecule has 0 saturated carbocycles. The van der Waals surface area contributed by atoms with Crippen molar-refractivity contribution in [3.63, 3.8) is 0 Å². The van der Waals surface area contributed by atoms with Gasteiger partial charge in [0.2, 0.25) is 0 Å². The van der Waals surface area contributed by atoms with E-state index >= 15 is 0 Å². The third-order valence-corrected chi connectivity index (χ3v) is 7.28. The van der Waals surface area contributed by atoms with Gasteiger partial charge in [0, 0.05) is 55.2 Å². The van der Waals surface area contributed by atoms with Gasteiger partial charge in [0.25, 0.3) is 0 Å². The lowest BCUT2D eigenvalue weighted by Gasteiger charge is -2.22. The molecule has 3 aliphatic heterocycles. The Labute approximate surface area is 186 Å². The molecule has 0 bridgehead atoms. The van der Waals surface area contributed by atoms with Crippen LogP contribution in [0, 0.1) is 0 Å². The van der Waals surface area contributed by atoms with Crippen molar-refractivity contribution in [1.82, 2.24) is 19.8 Å². The van der Waals surface area contributed by atoms with E-state index in [0.717, 1.165) is 49.8 Å². The summed E-state index contributed by atoms with van der Waals surface area (Å²) in [6.07, 6.45) is 8.31. The van der Waals surface area contributed by atoms with Crippen molar-refractivity contribution in [3.8, 4) is 11.4 Å². The predicted molar refractivity (Wildman–Crippen MR) is 128 cm³/mol. The van der Waals surface area contributed by atoms with Crippen LogP contribution in [0.5, 0.6) is 0 Å². The maximum Gasteiger partial charge on any atom is 0.161 e. The second-order valence-corrected chi connectivity index (χ2v) is 9.58. The summed E-state index contributed by atoms with van der Waals surface area (Å²) in [4.78, 5) is 19.6. The summed E-state index contributed by atoms with van der Waals surface area (Å²) in [6, 6.07) is 9.49. The van der Waals surface area contributed by atoms with Gasteiger partial charge in [-0.15, -0.1) is 0 Å². The molecule has 3 aliphatic rings. The van der Waals surface area contributed by atoms with E-state index in [2.05, 4.69) is 58.0 Å². The van der Waals surface area contributed by atoms with Crippen molar-refractivity contribution in [3.05, 3.63) is 36.0 Å². The van der Waals surface area contributed by atoms with Crippen LogP contribution >= 0.6 is 0 Å². The van der Waals surface area contributed by atoms with Crippen LogP contribution in [0.3, 0.4) is 0 Å². The Hall–Kier alpha value is -2.18. The number of benzene rings is 1. The van der Waals surface area contributed by atoms with Gasteiger partial charge in [-0.25, -0.2) is 9.97 Å². The van der Waals surface area contributed by atoms with Crippen LogP contribution < -0.4 is 9.80 Å². The van der Waals surface area contributed by atoms with Crippen molar-refractivity contribution in [2.24, 2.45) is 0 Å². The quantitative estimate of drug-likeness (QED) is 0.685. The Morgan fingerprint density at radius 2 is 1.81 bits per heavy atom. The van der Waals surface area contributed by atoms with Crippen LogP contribution in [0.2, 0.25) is 0 Å². The Bertz CT molecular complexity index is 874. The van der Waals surface area contributed by atoms with Crippen LogP contribution in [-0.2, 0) is 6.42 Å². The molecule has 1 aromatic heterocycles. The first kappa shape index (κ1) is 20.7. The third kappa shape index (κ3) is 4.55. The highest BCUT2D eigenvalue weighted by Crippen LogP contribution is 2.29. The smallest absolute Gasteiger partial charge is 0.161 e. The van der Waals surface area contributed by atoms with Gasteiger partial charge < -0.3 is 19.6 Å². The lowest BCUT2D eigenvalue weighted by molar-refractivity contribution is 0.315. The van der Waals surface area contributed by atoms with E-state index in [1.165, 1.54) is 56.6 Å². The standard InChI is InChI=1S/C25H36N6/c1-28(2)23-11-17-31(19-23)22-8-6-20(7-9-22)24-26-18-21-10-16-30(25(21)27-24)15-5-14-29-12-3-4-13-29/h6-9,18,23H,3-5,10-17,19H2,1-2H3/t23-/m1/s1. The molecule has 0 N–H and O–H groups in total.